The molecule has 0 aromatic heterocycles. The van der Waals surface area contributed by atoms with Crippen LogP contribution in [-0.4, -0.2) is 37.2 Å². The molecule has 74 heavy (non-hydrogen) atoms. The molecule has 440 valence electrons. The van der Waals surface area contributed by atoms with Gasteiger partial charge in [0.15, 0.2) is 6.10 Å². The summed E-state index contributed by atoms with van der Waals surface area (Å²) in [5.74, 6) is 0.871. The molecule has 0 rings (SSSR count). The Morgan fingerprint density at radius 2 is 0.446 bits per heavy atom. The zero-order valence-corrected chi connectivity index (χ0v) is 51.0. The summed E-state index contributed by atoms with van der Waals surface area (Å²) in [7, 11) is 0. The van der Waals surface area contributed by atoms with Crippen molar-refractivity contribution >= 4 is 17.9 Å². The molecular weight excluding hydrogens is 913 g/mol. The van der Waals surface area contributed by atoms with Crippen LogP contribution in [0, 0.1) is 11.8 Å². The third-order valence-corrected chi connectivity index (χ3v) is 15.7. The lowest BCUT2D eigenvalue weighted by atomic mass is 10.0. The van der Waals surface area contributed by atoms with E-state index < -0.39 is 6.10 Å². The Balaban J connectivity index is 4.27. The number of ether oxygens (including phenoxy) is 3. The summed E-state index contributed by atoms with van der Waals surface area (Å²) in [5, 5.41) is 0. The van der Waals surface area contributed by atoms with Crippen molar-refractivity contribution in [3.63, 3.8) is 0 Å². The number of carbonyl (C=O) groups excluding carboxylic acids is 3. The molecule has 0 aromatic rings. The molecular formula is C68H132O6. The van der Waals surface area contributed by atoms with Crippen molar-refractivity contribution in [1.82, 2.24) is 0 Å². The fraction of sp³-hybridized carbons (Fsp3) is 0.956. The quantitative estimate of drug-likeness (QED) is 0.0343. The Labute approximate surface area is 463 Å². The molecule has 0 amide bonds. The first-order valence-corrected chi connectivity index (χ1v) is 33.7. The van der Waals surface area contributed by atoms with Gasteiger partial charge in [0.2, 0.25) is 0 Å². The Hall–Kier alpha value is -1.59. The van der Waals surface area contributed by atoms with E-state index >= 15 is 0 Å². The van der Waals surface area contributed by atoms with Crippen molar-refractivity contribution in [2.75, 3.05) is 13.2 Å². The van der Waals surface area contributed by atoms with Crippen LogP contribution in [0.25, 0.3) is 0 Å². The Bertz CT molecular complexity index is 1140. The Kier molecular flexibility index (Phi) is 59.3. The standard InChI is InChI=1S/C68H132O6/c1-6-7-8-9-10-11-12-13-14-15-16-21-24-29-35-40-45-50-55-60-68(71)74-65(62-73-67(70)59-54-49-44-39-34-30-25-27-32-37-42-47-52-57-64(4)5)61-72-66(69)58-53-48-43-38-33-28-23-20-18-17-19-22-26-31-36-41-46-51-56-63(2)3/h63-65H,6-62H2,1-5H3/t65-/m1/s1. The average Bonchev–Trinajstić information content (AvgIpc) is 3.38. The zero-order valence-electron chi connectivity index (χ0n) is 51.0. The van der Waals surface area contributed by atoms with Gasteiger partial charge in [-0.3, -0.25) is 14.4 Å². The molecule has 0 saturated heterocycles. The summed E-state index contributed by atoms with van der Waals surface area (Å²) in [5.41, 5.74) is 0. The second-order valence-corrected chi connectivity index (χ2v) is 24.4. The van der Waals surface area contributed by atoms with Crippen molar-refractivity contribution in [2.45, 2.75) is 394 Å². The first-order chi connectivity index (χ1) is 36.2. The number of esters is 3. The van der Waals surface area contributed by atoms with Gasteiger partial charge in [-0.1, -0.05) is 349 Å². The van der Waals surface area contributed by atoms with Crippen molar-refractivity contribution in [3.05, 3.63) is 0 Å². The molecule has 6 nitrogen and oxygen atoms in total. The number of rotatable bonds is 62. The minimum absolute atomic E-state index is 0.0615. The first-order valence-electron chi connectivity index (χ1n) is 33.7. The maximum Gasteiger partial charge on any atom is 0.306 e. The molecule has 0 aliphatic rings. The number of hydrogen-bond donors (Lipinski definition) is 0. The number of unbranched alkanes of at least 4 members (excludes halogenated alkanes) is 47. The van der Waals surface area contributed by atoms with E-state index in [0.717, 1.165) is 69.6 Å². The lowest BCUT2D eigenvalue weighted by molar-refractivity contribution is -0.167. The van der Waals surface area contributed by atoms with Crippen LogP contribution < -0.4 is 0 Å². The first kappa shape index (κ1) is 72.4. The van der Waals surface area contributed by atoms with Gasteiger partial charge < -0.3 is 14.2 Å². The van der Waals surface area contributed by atoms with Crippen LogP contribution in [0.4, 0.5) is 0 Å². The van der Waals surface area contributed by atoms with Gasteiger partial charge in [0.05, 0.1) is 0 Å². The highest BCUT2D eigenvalue weighted by Gasteiger charge is 2.19. The summed E-state index contributed by atoms with van der Waals surface area (Å²) in [6.07, 6.45) is 68.3. The molecule has 6 heteroatoms. The van der Waals surface area contributed by atoms with Crippen LogP contribution in [-0.2, 0) is 28.6 Å². The van der Waals surface area contributed by atoms with Gasteiger partial charge in [-0.15, -0.1) is 0 Å². The van der Waals surface area contributed by atoms with Crippen LogP contribution in [0.5, 0.6) is 0 Å². The second kappa shape index (κ2) is 60.6. The summed E-state index contributed by atoms with van der Waals surface area (Å²) < 4.78 is 17.0. The molecule has 0 aliphatic carbocycles. The van der Waals surface area contributed by atoms with Gasteiger partial charge in [0.1, 0.15) is 13.2 Å². The lowest BCUT2D eigenvalue weighted by Crippen LogP contribution is -2.30. The van der Waals surface area contributed by atoms with Gasteiger partial charge in [-0.25, -0.2) is 0 Å². The van der Waals surface area contributed by atoms with Gasteiger partial charge in [-0.05, 0) is 31.1 Å². The van der Waals surface area contributed by atoms with Crippen LogP contribution in [0.1, 0.15) is 388 Å². The summed E-state index contributed by atoms with van der Waals surface area (Å²) in [6.45, 7) is 11.5. The molecule has 0 spiro atoms. The van der Waals surface area contributed by atoms with Crippen molar-refractivity contribution < 1.29 is 28.6 Å². The molecule has 0 bridgehead atoms. The Morgan fingerprint density at radius 1 is 0.257 bits per heavy atom. The van der Waals surface area contributed by atoms with Gasteiger partial charge in [0.25, 0.3) is 0 Å². The molecule has 0 N–H and O–H groups in total. The Morgan fingerprint density at radius 3 is 0.662 bits per heavy atom. The van der Waals surface area contributed by atoms with Gasteiger partial charge >= 0.3 is 17.9 Å². The molecule has 0 aromatic carbocycles. The minimum Gasteiger partial charge on any atom is -0.462 e. The van der Waals surface area contributed by atoms with Crippen LogP contribution in [0.3, 0.4) is 0 Å². The van der Waals surface area contributed by atoms with E-state index in [1.54, 1.807) is 0 Å². The highest BCUT2D eigenvalue weighted by molar-refractivity contribution is 5.71. The SMILES string of the molecule is CCCCCCCCCCCCCCCCCCCCCC(=O)O[C@H](COC(=O)CCCCCCCCCCCCCCCCCCCCC(C)C)COC(=O)CCCCCCCCCCCCCCCC(C)C. The van der Waals surface area contributed by atoms with E-state index in [2.05, 4.69) is 34.6 Å². The highest BCUT2D eigenvalue weighted by atomic mass is 16.6. The largest absolute Gasteiger partial charge is 0.462 e. The van der Waals surface area contributed by atoms with Crippen LogP contribution in [0.15, 0.2) is 0 Å². The lowest BCUT2D eigenvalue weighted by Gasteiger charge is -2.18. The predicted octanol–water partition coefficient (Wildman–Crippen LogP) is 22.8. The topological polar surface area (TPSA) is 78.9 Å². The normalized spacial score (nSPS) is 12.0. The summed E-state index contributed by atoms with van der Waals surface area (Å²) in [6, 6.07) is 0. The third-order valence-electron chi connectivity index (χ3n) is 15.7. The highest BCUT2D eigenvalue weighted by Crippen LogP contribution is 2.19. The summed E-state index contributed by atoms with van der Waals surface area (Å²) >= 11 is 0. The molecule has 0 heterocycles. The van der Waals surface area contributed by atoms with Gasteiger partial charge in [-0.2, -0.15) is 0 Å². The predicted molar refractivity (Wildman–Crippen MR) is 321 cm³/mol. The van der Waals surface area contributed by atoms with E-state index in [4.69, 9.17) is 14.2 Å². The number of carbonyl (C=O) groups is 3. The maximum atomic E-state index is 12.9. The van der Waals surface area contributed by atoms with E-state index in [0.29, 0.717) is 19.3 Å². The van der Waals surface area contributed by atoms with Crippen LogP contribution in [0.2, 0.25) is 0 Å². The van der Waals surface area contributed by atoms with Crippen molar-refractivity contribution in [2.24, 2.45) is 11.8 Å². The minimum atomic E-state index is -0.764. The fourth-order valence-corrected chi connectivity index (χ4v) is 10.6. The molecule has 0 aliphatic heterocycles. The summed E-state index contributed by atoms with van der Waals surface area (Å²) in [4.78, 5) is 38.4. The van der Waals surface area contributed by atoms with E-state index in [1.807, 2.05) is 0 Å². The zero-order chi connectivity index (χ0) is 53.9. The van der Waals surface area contributed by atoms with E-state index in [-0.39, 0.29) is 31.1 Å². The molecule has 0 unspecified atom stereocenters. The van der Waals surface area contributed by atoms with Crippen molar-refractivity contribution in [1.29, 1.82) is 0 Å². The molecule has 0 radical (unpaired) electrons. The molecule has 0 saturated carbocycles. The smallest absolute Gasteiger partial charge is 0.306 e. The van der Waals surface area contributed by atoms with Gasteiger partial charge in [0, 0.05) is 19.3 Å². The number of hydrogen-bond acceptors (Lipinski definition) is 6. The van der Waals surface area contributed by atoms with E-state index in [9.17, 15) is 14.4 Å². The maximum absolute atomic E-state index is 12.9. The third kappa shape index (κ3) is 61.3. The van der Waals surface area contributed by atoms with Crippen LogP contribution >= 0.6 is 0 Å². The molecule has 1 atom stereocenters. The van der Waals surface area contributed by atoms with Crippen molar-refractivity contribution in [3.8, 4) is 0 Å². The molecule has 0 fully saturated rings. The van der Waals surface area contributed by atoms with E-state index in [1.165, 1.54) is 276 Å². The second-order valence-electron chi connectivity index (χ2n) is 24.4. The monoisotopic (exact) mass is 1050 g/mol. The fourth-order valence-electron chi connectivity index (χ4n) is 10.6. The average molecular weight is 1050 g/mol.